The highest BCUT2D eigenvalue weighted by Crippen LogP contribution is 2.40. The van der Waals surface area contributed by atoms with E-state index in [0.717, 1.165) is 16.0 Å². The van der Waals surface area contributed by atoms with Crippen molar-refractivity contribution in [3.8, 4) is 17.6 Å². The van der Waals surface area contributed by atoms with Crippen LogP contribution in [0, 0.1) is 24.1 Å². The van der Waals surface area contributed by atoms with E-state index in [4.69, 9.17) is 14.7 Å². The molecule has 0 radical (unpaired) electrons. The van der Waals surface area contributed by atoms with Crippen molar-refractivity contribution in [3.63, 3.8) is 0 Å². The minimum Gasteiger partial charge on any atom is -0.492 e. The summed E-state index contributed by atoms with van der Waals surface area (Å²) in [6, 6.07) is 18.2. The first-order valence-corrected chi connectivity index (χ1v) is 11.0. The van der Waals surface area contributed by atoms with Gasteiger partial charge in [0.05, 0.1) is 23.8 Å². The fourth-order valence-corrected chi connectivity index (χ4v) is 4.03. The number of Topliss-reactive ketones (excluding diaryl/α,β-unsaturated/α-hetero) is 1. The molecule has 0 N–H and O–H groups in total. The summed E-state index contributed by atoms with van der Waals surface area (Å²) in [5.74, 6) is -0.304. The topological polar surface area (TPSA) is 59.3 Å². The first-order chi connectivity index (χ1) is 15.0. The van der Waals surface area contributed by atoms with Gasteiger partial charge in [-0.15, -0.1) is 11.8 Å². The maximum Gasteiger partial charge on any atom is 0.170 e. The Labute approximate surface area is 184 Å². The molecular weight excluding hydrogens is 413 g/mol. The maximum atomic E-state index is 15.1. The molecule has 3 aromatic rings. The summed E-state index contributed by atoms with van der Waals surface area (Å²) in [5, 5.41) is 9.11. The van der Waals surface area contributed by atoms with Gasteiger partial charge in [-0.2, -0.15) is 5.26 Å². The van der Waals surface area contributed by atoms with Gasteiger partial charge < -0.3 is 9.47 Å². The van der Waals surface area contributed by atoms with Gasteiger partial charge in [-0.25, -0.2) is 4.39 Å². The van der Waals surface area contributed by atoms with Gasteiger partial charge in [0, 0.05) is 16.9 Å². The first-order valence-electron chi connectivity index (χ1n) is 9.81. The lowest BCUT2D eigenvalue weighted by Gasteiger charge is -2.25. The largest absolute Gasteiger partial charge is 0.492 e. The van der Waals surface area contributed by atoms with Crippen LogP contribution >= 0.6 is 11.8 Å². The Bertz CT molecular complexity index is 1170. The molecule has 4 nitrogen and oxygen atoms in total. The molecule has 1 atom stereocenters. The molecule has 1 aliphatic rings. The van der Waals surface area contributed by atoms with Crippen molar-refractivity contribution in [2.45, 2.75) is 24.3 Å². The van der Waals surface area contributed by atoms with E-state index in [0.29, 0.717) is 16.9 Å². The molecular formula is C25H20FNO3S. The van der Waals surface area contributed by atoms with Gasteiger partial charge in [-0.05, 0) is 54.6 Å². The first kappa shape index (κ1) is 21.0. The van der Waals surface area contributed by atoms with Crippen molar-refractivity contribution < 1.29 is 18.7 Å². The fraction of sp³-hybridized carbons (Fsp3) is 0.200. The zero-order valence-corrected chi connectivity index (χ0v) is 18.0. The van der Waals surface area contributed by atoms with Gasteiger partial charge in [0.1, 0.15) is 11.9 Å². The highest BCUT2D eigenvalue weighted by Gasteiger charge is 2.27. The van der Waals surface area contributed by atoms with Gasteiger partial charge in [0.2, 0.25) is 0 Å². The Balaban J connectivity index is 1.79. The van der Waals surface area contributed by atoms with E-state index in [1.165, 1.54) is 6.07 Å². The molecule has 1 unspecified atom stereocenters. The second-order valence-electron chi connectivity index (χ2n) is 7.22. The van der Waals surface area contributed by atoms with Crippen molar-refractivity contribution in [1.29, 1.82) is 5.26 Å². The van der Waals surface area contributed by atoms with E-state index in [1.54, 1.807) is 43.0 Å². The predicted molar refractivity (Wildman–Crippen MR) is 117 cm³/mol. The third-order valence-electron chi connectivity index (χ3n) is 5.29. The quantitative estimate of drug-likeness (QED) is 0.472. The van der Waals surface area contributed by atoms with Crippen LogP contribution in [0.1, 0.15) is 45.1 Å². The number of ether oxygens (including phenoxy) is 2. The van der Waals surface area contributed by atoms with Crippen LogP contribution in [0.15, 0.2) is 59.5 Å². The molecule has 0 aromatic heterocycles. The number of benzene rings is 3. The fourth-order valence-electron chi connectivity index (χ4n) is 3.62. The summed E-state index contributed by atoms with van der Waals surface area (Å²) in [6.07, 6.45) is 1.63. The third-order valence-corrected chi connectivity index (χ3v) is 6.03. The summed E-state index contributed by atoms with van der Waals surface area (Å²) in [4.78, 5) is 13.3. The molecule has 4 rings (SSSR count). The minimum absolute atomic E-state index is 0.0525. The SMILES string of the molecule is CSc1ccc(C(Oc2c(F)cc3c(c2C)OCCC3=O)c2ccc(C#N)cc2)cc1. The molecule has 0 bridgehead atoms. The number of hydrogen-bond acceptors (Lipinski definition) is 5. The average Bonchev–Trinajstić information content (AvgIpc) is 2.80. The molecule has 0 amide bonds. The zero-order valence-electron chi connectivity index (χ0n) is 17.1. The summed E-state index contributed by atoms with van der Waals surface area (Å²) in [5.41, 5.74) is 2.87. The number of nitriles is 1. The van der Waals surface area contributed by atoms with Gasteiger partial charge in [-0.3, -0.25) is 4.79 Å². The lowest BCUT2D eigenvalue weighted by Crippen LogP contribution is -2.18. The minimum atomic E-state index is -0.603. The number of fused-ring (bicyclic) bond motifs is 1. The monoisotopic (exact) mass is 433 g/mol. The number of carbonyl (C=O) groups excluding carboxylic acids is 1. The Morgan fingerprint density at radius 1 is 1.13 bits per heavy atom. The number of ketones is 1. The van der Waals surface area contributed by atoms with E-state index < -0.39 is 11.9 Å². The van der Waals surface area contributed by atoms with E-state index in [-0.39, 0.29) is 30.1 Å². The number of halogens is 1. The van der Waals surface area contributed by atoms with Crippen LogP contribution in [0.4, 0.5) is 4.39 Å². The van der Waals surface area contributed by atoms with Crippen LogP contribution in [0.2, 0.25) is 0 Å². The normalized spacial score (nSPS) is 13.7. The molecule has 0 saturated carbocycles. The smallest absolute Gasteiger partial charge is 0.170 e. The van der Waals surface area contributed by atoms with Gasteiger partial charge in [-0.1, -0.05) is 24.3 Å². The van der Waals surface area contributed by atoms with Crippen molar-refractivity contribution in [1.82, 2.24) is 0 Å². The third kappa shape index (κ3) is 4.14. The summed E-state index contributed by atoms with van der Waals surface area (Å²) in [6.45, 7) is 1.97. The lowest BCUT2D eigenvalue weighted by molar-refractivity contribution is 0.0931. The second-order valence-corrected chi connectivity index (χ2v) is 8.10. The number of carbonyl (C=O) groups is 1. The molecule has 1 heterocycles. The van der Waals surface area contributed by atoms with E-state index >= 15 is 4.39 Å². The molecule has 0 aliphatic carbocycles. The molecule has 0 spiro atoms. The highest BCUT2D eigenvalue weighted by atomic mass is 32.2. The Hall–Kier alpha value is -3.30. The van der Waals surface area contributed by atoms with Crippen LogP contribution in [0.3, 0.4) is 0 Å². The average molecular weight is 434 g/mol. The van der Waals surface area contributed by atoms with Crippen molar-refractivity contribution in [2.24, 2.45) is 0 Å². The van der Waals surface area contributed by atoms with Gasteiger partial charge in [0.15, 0.2) is 17.3 Å². The number of nitrogens with zero attached hydrogens (tertiary/aromatic N) is 1. The van der Waals surface area contributed by atoms with E-state index in [1.807, 2.05) is 30.5 Å². The van der Waals surface area contributed by atoms with Crippen molar-refractivity contribution in [3.05, 3.63) is 88.2 Å². The van der Waals surface area contributed by atoms with Gasteiger partial charge in [0.25, 0.3) is 0 Å². The Kier molecular flexibility index (Phi) is 5.97. The highest BCUT2D eigenvalue weighted by molar-refractivity contribution is 7.98. The lowest BCUT2D eigenvalue weighted by atomic mass is 9.98. The van der Waals surface area contributed by atoms with Crippen LogP contribution < -0.4 is 9.47 Å². The second kappa shape index (κ2) is 8.83. The van der Waals surface area contributed by atoms with Crippen LogP contribution in [0.25, 0.3) is 0 Å². The van der Waals surface area contributed by atoms with Crippen LogP contribution in [0.5, 0.6) is 11.5 Å². The number of rotatable bonds is 5. The molecule has 6 heteroatoms. The van der Waals surface area contributed by atoms with Crippen molar-refractivity contribution >= 4 is 17.5 Å². The molecule has 156 valence electrons. The Morgan fingerprint density at radius 3 is 2.39 bits per heavy atom. The predicted octanol–water partition coefficient (Wildman–Crippen LogP) is 5.86. The zero-order chi connectivity index (χ0) is 22.0. The molecule has 0 fully saturated rings. The number of hydrogen-bond donors (Lipinski definition) is 0. The molecule has 3 aromatic carbocycles. The summed E-state index contributed by atoms with van der Waals surface area (Å²) in [7, 11) is 0. The summed E-state index contributed by atoms with van der Waals surface area (Å²) < 4.78 is 27.0. The molecule has 31 heavy (non-hydrogen) atoms. The number of thioether (sulfide) groups is 1. The maximum absolute atomic E-state index is 15.1. The van der Waals surface area contributed by atoms with Crippen LogP contribution in [-0.2, 0) is 0 Å². The van der Waals surface area contributed by atoms with Crippen LogP contribution in [-0.4, -0.2) is 18.6 Å². The molecule has 0 saturated heterocycles. The Morgan fingerprint density at radius 2 is 1.77 bits per heavy atom. The van der Waals surface area contributed by atoms with Crippen molar-refractivity contribution in [2.75, 3.05) is 12.9 Å². The molecule has 1 aliphatic heterocycles. The van der Waals surface area contributed by atoms with Gasteiger partial charge >= 0.3 is 0 Å². The van der Waals surface area contributed by atoms with E-state index in [2.05, 4.69) is 6.07 Å². The summed E-state index contributed by atoms with van der Waals surface area (Å²) >= 11 is 1.63. The standard InChI is InChI=1S/C25H20FNO3S/c1-15-23-20(22(28)11-12-29-23)13-21(26)24(15)30-25(17-5-3-16(14-27)4-6-17)18-7-9-19(31-2)10-8-18/h3-10,13,25H,11-12H2,1-2H3. The van der Waals surface area contributed by atoms with E-state index in [9.17, 15) is 4.79 Å².